The molecule has 1 aromatic heterocycles. The number of hydrogen-bond donors (Lipinski definition) is 0. The van der Waals surface area contributed by atoms with Crippen molar-refractivity contribution < 1.29 is 17.5 Å². The van der Waals surface area contributed by atoms with Crippen LogP contribution in [0.5, 0.6) is 5.75 Å². The molecule has 2 aromatic rings. The number of aryl methyl sites for hydroxylation is 2. The molecule has 2 saturated heterocycles. The van der Waals surface area contributed by atoms with E-state index in [4.69, 9.17) is 4.74 Å². The van der Waals surface area contributed by atoms with Crippen LogP contribution in [0.3, 0.4) is 0 Å². The van der Waals surface area contributed by atoms with Gasteiger partial charge in [0.15, 0.2) is 11.6 Å². The summed E-state index contributed by atoms with van der Waals surface area (Å²) in [4.78, 5) is 2.78. The maximum Gasteiger partial charge on any atom is 0.246 e. The Balaban J connectivity index is 1.31. The van der Waals surface area contributed by atoms with E-state index in [0.717, 1.165) is 38.8 Å². The van der Waals surface area contributed by atoms with E-state index in [0.29, 0.717) is 41.2 Å². The van der Waals surface area contributed by atoms with E-state index in [9.17, 15) is 12.8 Å². The minimum absolute atomic E-state index is 0.0187. The molecule has 170 valence electrons. The molecule has 0 saturated carbocycles. The van der Waals surface area contributed by atoms with Gasteiger partial charge in [0, 0.05) is 39.3 Å². The minimum Gasteiger partial charge on any atom is -0.487 e. The van der Waals surface area contributed by atoms with Gasteiger partial charge in [0.05, 0.1) is 11.4 Å². The molecule has 9 heteroatoms. The zero-order valence-corrected chi connectivity index (χ0v) is 19.2. The van der Waals surface area contributed by atoms with Crippen molar-refractivity contribution in [2.75, 3.05) is 26.2 Å². The Morgan fingerprint density at radius 1 is 1.03 bits per heavy atom. The maximum atomic E-state index is 13.8. The molecule has 0 amide bonds. The molecule has 7 nitrogen and oxygen atoms in total. The zero-order chi connectivity index (χ0) is 22.2. The Hall–Kier alpha value is -1.97. The highest BCUT2D eigenvalue weighted by Gasteiger charge is 2.35. The third-order valence-corrected chi connectivity index (χ3v) is 8.74. The smallest absolute Gasteiger partial charge is 0.246 e. The van der Waals surface area contributed by atoms with Crippen LogP contribution in [0.4, 0.5) is 4.39 Å². The second kappa shape index (κ2) is 8.88. The second-order valence-electron chi connectivity index (χ2n) is 8.54. The first-order chi connectivity index (χ1) is 14.8. The molecule has 1 aromatic carbocycles. The lowest BCUT2D eigenvalue weighted by molar-refractivity contribution is 0.0568. The van der Waals surface area contributed by atoms with Gasteiger partial charge < -0.3 is 9.64 Å². The lowest BCUT2D eigenvalue weighted by atomic mass is 10.00. The van der Waals surface area contributed by atoms with Crippen LogP contribution in [-0.2, 0) is 17.1 Å². The van der Waals surface area contributed by atoms with E-state index in [-0.39, 0.29) is 11.9 Å². The number of para-hydroxylation sites is 1. The summed E-state index contributed by atoms with van der Waals surface area (Å²) < 4.78 is 49.3. The maximum absolute atomic E-state index is 13.8. The van der Waals surface area contributed by atoms with Crippen LogP contribution in [0, 0.1) is 19.7 Å². The SMILES string of the molecule is Cc1nn(C)c(C)c1S(=O)(=O)N1CCC(N2CCC(Oc3ccccc3F)CC2)CC1. The predicted octanol–water partition coefficient (Wildman–Crippen LogP) is 2.87. The second-order valence-corrected chi connectivity index (χ2v) is 10.4. The van der Waals surface area contributed by atoms with Crippen LogP contribution < -0.4 is 4.74 Å². The van der Waals surface area contributed by atoms with E-state index < -0.39 is 10.0 Å². The first-order valence-corrected chi connectivity index (χ1v) is 12.4. The molecule has 0 spiro atoms. The van der Waals surface area contributed by atoms with Crippen molar-refractivity contribution in [2.45, 2.75) is 56.6 Å². The van der Waals surface area contributed by atoms with Gasteiger partial charge in [0.1, 0.15) is 11.0 Å². The summed E-state index contributed by atoms with van der Waals surface area (Å²) in [7, 11) is -1.76. The summed E-state index contributed by atoms with van der Waals surface area (Å²) in [5, 5.41) is 4.27. The first-order valence-electron chi connectivity index (χ1n) is 10.9. The quantitative estimate of drug-likeness (QED) is 0.701. The van der Waals surface area contributed by atoms with E-state index in [1.165, 1.54) is 6.07 Å². The normalized spacial score (nSPS) is 20.3. The van der Waals surface area contributed by atoms with Gasteiger partial charge in [-0.1, -0.05) is 12.1 Å². The summed E-state index contributed by atoms with van der Waals surface area (Å²) in [6.07, 6.45) is 3.35. The van der Waals surface area contributed by atoms with Crippen LogP contribution in [-0.4, -0.2) is 65.7 Å². The molecule has 2 aliphatic heterocycles. The fraction of sp³-hybridized carbons (Fsp3) is 0.591. The van der Waals surface area contributed by atoms with Crippen LogP contribution in [0.2, 0.25) is 0 Å². The predicted molar refractivity (Wildman–Crippen MR) is 116 cm³/mol. The van der Waals surface area contributed by atoms with Gasteiger partial charge in [0.2, 0.25) is 10.0 Å². The molecule has 0 N–H and O–H groups in total. The highest BCUT2D eigenvalue weighted by molar-refractivity contribution is 7.89. The third-order valence-electron chi connectivity index (χ3n) is 6.59. The number of benzene rings is 1. The summed E-state index contributed by atoms with van der Waals surface area (Å²) >= 11 is 0. The van der Waals surface area contributed by atoms with Crippen LogP contribution in [0.25, 0.3) is 0 Å². The van der Waals surface area contributed by atoms with Gasteiger partial charge >= 0.3 is 0 Å². The number of likely N-dealkylation sites (tertiary alicyclic amines) is 1. The molecule has 4 rings (SSSR count). The number of piperidine rings is 2. The van der Waals surface area contributed by atoms with Crippen LogP contribution in [0.1, 0.15) is 37.1 Å². The van der Waals surface area contributed by atoms with E-state index in [1.54, 1.807) is 48.1 Å². The van der Waals surface area contributed by atoms with E-state index >= 15 is 0 Å². The molecule has 0 bridgehead atoms. The van der Waals surface area contributed by atoms with Crippen molar-refractivity contribution in [2.24, 2.45) is 7.05 Å². The molecular weight excluding hydrogens is 419 g/mol. The number of halogens is 1. The Morgan fingerprint density at radius 3 is 2.26 bits per heavy atom. The molecular formula is C22H31FN4O3S. The van der Waals surface area contributed by atoms with Gasteiger partial charge in [-0.15, -0.1) is 0 Å². The van der Waals surface area contributed by atoms with Crippen molar-refractivity contribution in [3.63, 3.8) is 0 Å². The fourth-order valence-corrected chi connectivity index (χ4v) is 6.65. The monoisotopic (exact) mass is 450 g/mol. The molecule has 2 aliphatic rings. The van der Waals surface area contributed by atoms with E-state index in [1.807, 2.05) is 0 Å². The largest absolute Gasteiger partial charge is 0.487 e. The Kier molecular flexibility index (Phi) is 6.37. The Morgan fingerprint density at radius 2 is 1.68 bits per heavy atom. The fourth-order valence-electron chi connectivity index (χ4n) is 4.78. The number of nitrogens with zero attached hydrogens (tertiary/aromatic N) is 4. The third kappa shape index (κ3) is 4.49. The highest BCUT2D eigenvalue weighted by Crippen LogP contribution is 2.29. The molecule has 2 fully saturated rings. The van der Waals surface area contributed by atoms with Crippen LogP contribution in [0.15, 0.2) is 29.2 Å². The van der Waals surface area contributed by atoms with Crippen LogP contribution >= 0.6 is 0 Å². The average Bonchev–Trinajstić information content (AvgIpc) is 3.02. The summed E-state index contributed by atoms with van der Waals surface area (Å²) in [6, 6.07) is 6.90. The van der Waals surface area contributed by atoms with Crippen molar-refractivity contribution >= 4 is 10.0 Å². The minimum atomic E-state index is -3.53. The number of rotatable bonds is 5. The summed E-state index contributed by atoms with van der Waals surface area (Å²) in [6.45, 7) is 6.36. The lowest BCUT2D eigenvalue weighted by Gasteiger charge is -2.41. The van der Waals surface area contributed by atoms with Crippen molar-refractivity contribution in [1.82, 2.24) is 19.0 Å². The molecule has 0 atom stereocenters. The lowest BCUT2D eigenvalue weighted by Crippen LogP contribution is -2.50. The molecule has 0 unspecified atom stereocenters. The van der Waals surface area contributed by atoms with Gasteiger partial charge in [-0.3, -0.25) is 4.68 Å². The van der Waals surface area contributed by atoms with Crippen molar-refractivity contribution in [3.8, 4) is 5.75 Å². The molecule has 3 heterocycles. The van der Waals surface area contributed by atoms with Gasteiger partial charge in [-0.25, -0.2) is 12.8 Å². The standard InChI is InChI=1S/C22H31FN4O3S/c1-16-22(17(2)25(3)24-16)31(28,29)27-14-8-18(9-15-27)26-12-10-19(11-13-26)30-21-7-5-4-6-20(21)23/h4-7,18-19H,8-15H2,1-3H3. The van der Waals surface area contributed by atoms with Crippen molar-refractivity contribution in [1.29, 1.82) is 0 Å². The average molecular weight is 451 g/mol. The molecule has 31 heavy (non-hydrogen) atoms. The van der Waals surface area contributed by atoms with Gasteiger partial charge in [-0.2, -0.15) is 9.40 Å². The first kappa shape index (κ1) is 22.2. The summed E-state index contributed by atoms with van der Waals surface area (Å²) in [5.41, 5.74) is 1.23. The Bertz CT molecular complexity index is 1020. The molecule has 0 radical (unpaired) electrons. The van der Waals surface area contributed by atoms with E-state index in [2.05, 4.69) is 10.00 Å². The number of sulfonamides is 1. The van der Waals surface area contributed by atoms with Crippen molar-refractivity contribution in [3.05, 3.63) is 41.5 Å². The topological polar surface area (TPSA) is 67.7 Å². The Labute approximate surface area is 183 Å². The van der Waals surface area contributed by atoms with Gasteiger partial charge in [-0.05, 0) is 51.7 Å². The molecule has 0 aliphatic carbocycles. The number of hydrogen-bond acceptors (Lipinski definition) is 5. The summed E-state index contributed by atoms with van der Waals surface area (Å²) in [5.74, 6) is -0.00180. The highest BCUT2D eigenvalue weighted by atomic mass is 32.2. The number of aromatic nitrogens is 2. The number of ether oxygens (including phenoxy) is 1. The van der Waals surface area contributed by atoms with Gasteiger partial charge in [0.25, 0.3) is 0 Å². The zero-order valence-electron chi connectivity index (χ0n) is 18.4.